The minimum Gasteiger partial charge on any atom is -0.462 e. The number of hydrogen-bond donors (Lipinski definition) is 5. The molecule has 22 heavy (non-hydrogen) atoms. The van der Waals surface area contributed by atoms with E-state index in [9.17, 15) is 20.4 Å². The molecule has 1 aliphatic heterocycles. The second kappa shape index (κ2) is 7.02. The Kier molecular flexibility index (Phi) is 5.31. The monoisotopic (exact) mass is 311 g/mol. The number of ether oxygens (including phenoxy) is 2. The summed E-state index contributed by atoms with van der Waals surface area (Å²) in [5.74, 6) is 0.262. The van der Waals surface area contributed by atoms with Crippen molar-refractivity contribution >= 4 is 0 Å². The van der Waals surface area contributed by atoms with Gasteiger partial charge in [0, 0.05) is 0 Å². The van der Waals surface area contributed by atoms with Crippen molar-refractivity contribution in [1.82, 2.24) is 0 Å². The molecular weight excluding hydrogens is 294 g/mol. The lowest BCUT2D eigenvalue weighted by Gasteiger charge is -2.39. The van der Waals surface area contributed by atoms with E-state index in [2.05, 4.69) is 0 Å². The minimum absolute atomic E-state index is 0.262. The van der Waals surface area contributed by atoms with Crippen LogP contribution in [0.3, 0.4) is 0 Å². The zero-order chi connectivity index (χ0) is 16.3. The molecule has 1 fully saturated rings. The lowest BCUT2D eigenvalue weighted by atomic mass is 9.99. The number of nitriles is 1. The molecule has 0 aromatic heterocycles. The van der Waals surface area contributed by atoms with Crippen molar-refractivity contribution < 1.29 is 35.0 Å². The Morgan fingerprint density at radius 3 is 2.32 bits per heavy atom. The van der Waals surface area contributed by atoms with Crippen LogP contribution in [-0.4, -0.2) is 62.8 Å². The predicted octanol–water partition coefficient (Wildman–Crippen LogP) is -1.58. The molecule has 0 unspecified atom stereocenters. The maximum absolute atomic E-state index is 9.84. The summed E-state index contributed by atoms with van der Waals surface area (Å²) in [5, 5.41) is 56.2. The second-order valence-electron chi connectivity index (χ2n) is 4.92. The molecule has 8 nitrogen and oxygen atoms in total. The Morgan fingerprint density at radius 1 is 1.14 bits per heavy atom. The first-order valence-corrected chi connectivity index (χ1v) is 6.62. The Hall–Kier alpha value is -1.73. The van der Waals surface area contributed by atoms with Gasteiger partial charge in [0.1, 0.15) is 30.2 Å². The van der Waals surface area contributed by atoms with Crippen LogP contribution in [0.15, 0.2) is 24.3 Å². The van der Waals surface area contributed by atoms with Gasteiger partial charge in [-0.3, -0.25) is 0 Å². The summed E-state index contributed by atoms with van der Waals surface area (Å²) in [4.78, 5) is 0. The van der Waals surface area contributed by atoms with Crippen molar-refractivity contribution in [3.63, 3.8) is 0 Å². The largest absolute Gasteiger partial charge is 0.462 e. The Morgan fingerprint density at radius 2 is 1.77 bits per heavy atom. The third kappa shape index (κ3) is 3.36. The van der Waals surface area contributed by atoms with Gasteiger partial charge in [0.05, 0.1) is 12.7 Å². The van der Waals surface area contributed by atoms with Crippen LogP contribution >= 0.6 is 0 Å². The predicted molar refractivity (Wildman–Crippen MR) is 71.4 cm³/mol. The molecule has 0 aliphatic carbocycles. The minimum atomic E-state index is -1.52. The lowest BCUT2D eigenvalue weighted by molar-refractivity contribution is -0.277. The van der Waals surface area contributed by atoms with Gasteiger partial charge < -0.3 is 35.0 Å². The van der Waals surface area contributed by atoms with Crippen molar-refractivity contribution in [3.05, 3.63) is 29.8 Å². The molecule has 1 aromatic carbocycles. The molecule has 1 heterocycles. The van der Waals surface area contributed by atoms with E-state index in [4.69, 9.17) is 19.8 Å². The Labute approximate surface area is 126 Å². The maximum Gasteiger partial charge on any atom is 0.229 e. The van der Waals surface area contributed by atoms with Gasteiger partial charge in [0.15, 0.2) is 6.10 Å². The van der Waals surface area contributed by atoms with Crippen LogP contribution in [0.1, 0.15) is 11.7 Å². The molecule has 1 saturated heterocycles. The molecular formula is C14H17NO7. The van der Waals surface area contributed by atoms with Crippen LogP contribution in [0.5, 0.6) is 5.75 Å². The van der Waals surface area contributed by atoms with Crippen molar-refractivity contribution in [2.45, 2.75) is 36.8 Å². The number of hydrogen-bond acceptors (Lipinski definition) is 8. The van der Waals surface area contributed by atoms with E-state index < -0.39 is 43.4 Å². The van der Waals surface area contributed by atoms with E-state index in [0.717, 1.165) is 0 Å². The molecule has 8 heteroatoms. The maximum atomic E-state index is 9.84. The number of aliphatic hydroxyl groups is 5. The summed E-state index contributed by atoms with van der Waals surface area (Å²) in [6.45, 7) is -0.544. The fourth-order valence-corrected chi connectivity index (χ4v) is 2.10. The van der Waals surface area contributed by atoms with E-state index in [1.54, 1.807) is 6.07 Å². The molecule has 6 atom stereocenters. The highest BCUT2D eigenvalue weighted by Gasteiger charge is 2.44. The summed E-state index contributed by atoms with van der Waals surface area (Å²) in [6, 6.07) is 7.52. The van der Waals surface area contributed by atoms with E-state index >= 15 is 0 Å². The van der Waals surface area contributed by atoms with Crippen LogP contribution in [0, 0.1) is 11.3 Å². The summed E-state index contributed by atoms with van der Waals surface area (Å²) in [7, 11) is 0. The van der Waals surface area contributed by atoms with Gasteiger partial charge >= 0.3 is 0 Å². The first kappa shape index (κ1) is 16.6. The number of benzene rings is 1. The Balaban J connectivity index is 2.07. The van der Waals surface area contributed by atoms with Crippen molar-refractivity contribution in [2.75, 3.05) is 6.61 Å². The van der Waals surface area contributed by atoms with Crippen molar-refractivity contribution in [2.24, 2.45) is 0 Å². The molecule has 5 N–H and O–H groups in total. The number of rotatable bonds is 4. The molecule has 1 aliphatic rings. The molecule has 0 spiro atoms. The molecule has 1 aromatic rings. The van der Waals surface area contributed by atoms with Gasteiger partial charge in [-0.1, -0.05) is 12.1 Å². The highest BCUT2D eigenvalue weighted by atomic mass is 16.7. The van der Waals surface area contributed by atoms with Crippen LogP contribution in [0.4, 0.5) is 0 Å². The Bertz CT molecular complexity index is 527. The fraction of sp³-hybridized carbons (Fsp3) is 0.500. The third-order valence-electron chi connectivity index (χ3n) is 3.42. The highest BCUT2D eigenvalue weighted by molar-refractivity contribution is 5.30. The lowest BCUT2D eigenvalue weighted by Crippen LogP contribution is -2.60. The summed E-state index contributed by atoms with van der Waals surface area (Å²) >= 11 is 0. The van der Waals surface area contributed by atoms with Crippen LogP contribution in [-0.2, 0) is 4.74 Å². The van der Waals surface area contributed by atoms with E-state index in [0.29, 0.717) is 5.56 Å². The highest BCUT2D eigenvalue weighted by Crippen LogP contribution is 2.25. The molecule has 2 rings (SSSR count). The summed E-state index contributed by atoms with van der Waals surface area (Å²) < 4.78 is 10.6. The average Bonchev–Trinajstić information content (AvgIpc) is 2.55. The normalized spacial score (nSPS) is 33.0. The topological polar surface area (TPSA) is 143 Å². The molecule has 0 amide bonds. The first-order chi connectivity index (χ1) is 10.5. The zero-order valence-corrected chi connectivity index (χ0v) is 11.5. The fourth-order valence-electron chi connectivity index (χ4n) is 2.10. The molecule has 120 valence electrons. The molecule has 0 bridgehead atoms. The standard InChI is InChI=1S/C14H17NO7/c15-5-9(17)7-1-3-8(4-2-7)21-14-13(20)12(19)11(18)10(6-16)22-14/h1-4,9-14,16-20H,6H2/t9-,10-,11-,12+,13+,14+/m1/s1. The molecule has 0 saturated carbocycles. The van der Waals surface area contributed by atoms with Gasteiger partial charge in [-0.25, -0.2) is 0 Å². The zero-order valence-electron chi connectivity index (χ0n) is 11.5. The van der Waals surface area contributed by atoms with Crippen LogP contribution in [0.25, 0.3) is 0 Å². The van der Waals surface area contributed by atoms with Gasteiger partial charge in [-0.2, -0.15) is 5.26 Å². The third-order valence-corrected chi connectivity index (χ3v) is 3.42. The first-order valence-electron chi connectivity index (χ1n) is 6.62. The van der Waals surface area contributed by atoms with Crippen LogP contribution < -0.4 is 4.74 Å². The van der Waals surface area contributed by atoms with Crippen molar-refractivity contribution in [3.8, 4) is 11.8 Å². The number of nitrogens with zero attached hydrogens (tertiary/aromatic N) is 1. The SMILES string of the molecule is N#C[C@@H](O)c1ccc(O[C@H]2O[C@H](CO)[C@@H](O)[C@H](O)[C@@H]2O)cc1. The smallest absolute Gasteiger partial charge is 0.229 e. The van der Waals surface area contributed by atoms with Gasteiger partial charge in [-0.15, -0.1) is 0 Å². The van der Waals surface area contributed by atoms with Gasteiger partial charge in [0.2, 0.25) is 6.29 Å². The summed E-state index contributed by atoms with van der Waals surface area (Å²) in [5.41, 5.74) is 0.378. The van der Waals surface area contributed by atoms with E-state index in [1.165, 1.54) is 24.3 Å². The molecule has 0 radical (unpaired) electrons. The van der Waals surface area contributed by atoms with Crippen molar-refractivity contribution in [1.29, 1.82) is 5.26 Å². The quantitative estimate of drug-likeness (QED) is 0.419. The van der Waals surface area contributed by atoms with E-state index in [-0.39, 0.29) is 5.75 Å². The summed E-state index contributed by atoms with van der Waals surface area (Å²) in [6.07, 6.45) is -8.04. The van der Waals surface area contributed by atoms with E-state index in [1.807, 2.05) is 0 Å². The second-order valence-corrected chi connectivity index (χ2v) is 4.92. The number of aliphatic hydroxyl groups excluding tert-OH is 5. The van der Waals surface area contributed by atoms with Crippen LogP contribution in [0.2, 0.25) is 0 Å². The van der Waals surface area contributed by atoms with Gasteiger partial charge in [0.25, 0.3) is 0 Å². The average molecular weight is 311 g/mol. The van der Waals surface area contributed by atoms with Gasteiger partial charge in [-0.05, 0) is 17.7 Å².